The van der Waals surface area contributed by atoms with Crippen LogP contribution < -0.4 is 11.1 Å². The number of hydrogen-bond donors (Lipinski definition) is 4. The molecular weight excluding hydrogens is 474 g/mol. The van der Waals surface area contributed by atoms with Gasteiger partial charge in [0.15, 0.2) is 17.7 Å². The predicted octanol–water partition coefficient (Wildman–Crippen LogP) is 1.01. The van der Waals surface area contributed by atoms with Gasteiger partial charge in [0.25, 0.3) is 0 Å². The molecule has 1 aliphatic rings. The first-order valence-corrected chi connectivity index (χ1v) is 12.5. The molecule has 3 aromatic rings. The van der Waals surface area contributed by atoms with E-state index in [2.05, 4.69) is 65.3 Å². The van der Waals surface area contributed by atoms with Crippen LogP contribution in [0.5, 0.6) is 0 Å². The number of fused-ring (bicyclic) bond motifs is 1. The van der Waals surface area contributed by atoms with Crippen LogP contribution in [0.2, 0.25) is 0 Å². The average Bonchev–Trinajstić information content (AvgIpc) is 3.40. The van der Waals surface area contributed by atoms with Crippen molar-refractivity contribution in [3.8, 4) is 0 Å². The summed E-state index contributed by atoms with van der Waals surface area (Å²) < 4.78 is 7.54. The molecule has 1 saturated heterocycles. The van der Waals surface area contributed by atoms with Crippen LogP contribution >= 0.6 is 0 Å². The minimum atomic E-state index is -1.16. The number of nitrogen functional groups attached to an aromatic ring is 1. The van der Waals surface area contributed by atoms with Gasteiger partial charge >= 0.3 is 0 Å². The number of ether oxygens (including phenoxy) is 1. The van der Waals surface area contributed by atoms with E-state index in [0.717, 1.165) is 5.56 Å². The zero-order valence-corrected chi connectivity index (χ0v) is 21.8. The molecule has 0 radical (unpaired) electrons. The molecule has 4 atom stereocenters. The number of anilines is 1. The van der Waals surface area contributed by atoms with Crippen LogP contribution in [0.1, 0.15) is 44.5 Å². The van der Waals surface area contributed by atoms with Crippen molar-refractivity contribution in [2.75, 3.05) is 32.4 Å². The highest BCUT2D eigenvalue weighted by Crippen LogP contribution is 2.32. The zero-order valence-electron chi connectivity index (χ0n) is 21.8. The first-order valence-electron chi connectivity index (χ1n) is 12.5. The second-order valence-corrected chi connectivity index (χ2v) is 10.7. The van der Waals surface area contributed by atoms with Crippen LogP contribution in [0.4, 0.5) is 5.82 Å². The maximum absolute atomic E-state index is 12.3. The van der Waals surface area contributed by atoms with E-state index in [1.54, 1.807) is 4.57 Å². The van der Waals surface area contributed by atoms with Gasteiger partial charge < -0.3 is 30.9 Å². The first kappa shape index (κ1) is 26.9. The van der Waals surface area contributed by atoms with Gasteiger partial charge in [-0.05, 0) is 30.0 Å². The van der Waals surface area contributed by atoms with Crippen molar-refractivity contribution >= 4 is 22.9 Å². The summed E-state index contributed by atoms with van der Waals surface area (Å²) in [6, 6.07) is 8.43. The average molecular weight is 512 g/mol. The van der Waals surface area contributed by atoms with Gasteiger partial charge in [0.2, 0.25) is 5.91 Å². The molecule has 1 aliphatic heterocycles. The number of aliphatic hydroxyl groups is 2. The lowest BCUT2D eigenvalue weighted by Gasteiger charge is -2.23. The largest absolute Gasteiger partial charge is 0.387 e. The Balaban J connectivity index is 1.22. The number of imidazole rings is 1. The number of aryl methyl sites for hydroxylation is 1. The summed E-state index contributed by atoms with van der Waals surface area (Å²) in [6.07, 6.45) is 0.148. The van der Waals surface area contributed by atoms with Gasteiger partial charge in [0.1, 0.15) is 30.2 Å². The highest BCUT2D eigenvalue weighted by atomic mass is 16.6. The molecule has 200 valence electrons. The number of benzene rings is 1. The Kier molecular flexibility index (Phi) is 8.08. The van der Waals surface area contributed by atoms with E-state index >= 15 is 0 Å². The third-order valence-corrected chi connectivity index (χ3v) is 6.77. The van der Waals surface area contributed by atoms with E-state index in [9.17, 15) is 15.0 Å². The monoisotopic (exact) mass is 511 g/mol. The Morgan fingerprint density at radius 1 is 1.16 bits per heavy atom. The summed E-state index contributed by atoms with van der Waals surface area (Å²) >= 11 is 0. The van der Waals surface area contributed by atoms with Gasteiger partial charge in [-0.1, -0.05) is 45.0 Å². The van der Waals surface area contributed by atoms with E-state index in [0.29, 0.717) is 43.6 Å². The molecule has 0 spiro atoms. The van der Waals surface area contributed by atoms with Crippen molar-refractivity contribution in [2.45, 2.75) is 63.6 Å². The van der Waals surface area contributed by atoms with Crippen LogP contribution in [0.3, 0.4) is 0 Å². The number of aliphatic hydroxyl groups excluding tert-OH is 2. The van der Waals surface area contributed by atoms with Gasteiger partial charge in [-0.15, -0.1) is 0 Å². The molecule has 0 saturated carbocycles. The maximum Gasteiger partial charge on any atom is 0.220 e. The molecule has 1 fully saturated rings. The molecule has 0 unspecified atom stereocenters. The summed E-state index contributed by atoms with van der Waals surface area (Å²) in [7, 11) is 1.87. The highest BCUT2D eigenvalue weighted by Gasteiger charge is 2.44. The van der Waals surface area contributed by atoms with Crippen LogP contribution in [0.25, 0.3) is 11.2 Å². The second-order valence-electron chi connectivity index (χ2n) is 10.7. The Bertz CT molecular complexity index is 1210. The third-order valence-electron chi connectivity index (χ3n) is 6.77. The number of amides is 1. The summed E-state index contributed by atoms with van der Waals surface area (Å²) in [5.74, 6) is 0.225. The number of nitrogens with zero attached hydrogens (tertiary/aromatic N) is 5. The molecule has 37 heavy (non-hydrogen) atoms. The molecular formula is C26H37N7O4. The van der Waals surface area contributed by atoms with Crippen LogP contribution in [-0.2, 0) is 21.4 Å². The van der Waals surface area contributed by atoms with Gasteiger partial charge in [0, 0.05) is 26.1 Å². The van der Waals surface area contributed by atoms with Gasteiger partial charge in [-0.25, -0.2) is 15.0 Å². The molecule has 0 bridgehead atoms. The Morgan fingerprint density at radius 2 is 1.89 bits per heavy atom. The van der Waals surface area contributed by atoms with Crippen molar-refractivity contribution < 1.29 is 19.7 Å². The highest BCUT2D eigenvalue weighted by molar-refractivity contribution is 5.81. The normalized spacial score (nSPS) is 22.1. The van der Waals surface area contributed by atoms with Gasteiger partial charge in [-0.3, -0.25) is 9.36 Å². The van der Waals surface area contributed by atoms with E-state index < -0.39 is 24.5 Å². The SMILES string of the molecule is CN(CCNC(=O)CCc1ccc(C(C)(C)C)cc1)C[C@H]1O[C@@H](n2cnc3c(N)ncnc32)[C@H](O)[C@@H]1O. The summed E-state index contributed by atoms with van der Waals surface area (Å²) in [5, 5.41) is 24.2. The lowest BCUT2D eigenvalue weighted by molar-refractivity contribution is -0.121. The molecule has 11 heteroatoms. The second kappa shape index (κ2) is 11.1. The molecule has 1 aromatic carbocycles. The maximum atomic E-state index is 12.3. The van der Waals surface area contributed by atoms with Crippen molar-refractivity contribution in [2.24, 2.45) is 0 Å². The van der Waals surface area contributed by atoms with Crippen LogP contribution in [0, 0.1) is 0 Å². The lowest BCUT2D eigenvalue weighted by atomic mass is 9.86. The summed E-state index contributed by atoms with van der Waals surface area (Å²) in [5.41, 5.74) is 9.20. The lowest BCUT2D eigenvalue weighted by Crippen LogP contribution is -2.41. The fourth-order valence-corrected chi connectivity index (χ4v) is 4.47. The predicted molar refractivity (Wildman–Crippen MR) is 140 cm³/mol. The molecule has 11 nitrogen and oxygen atoms in total. The number of nitrogens with one attached hydrogen (secondary N) is 1. The van der Waals surface area contributed by atoms with E-state index in [4.69, 9.17) is 10.5 Å². The molecule has 4 rings (SSSR count). The Hall–Kier alpha value is -3.12. The topological polar surface area (TPSA) is 152 Å². The Labute approximate surface area is 216 Å². The molecule has 2 aromatic heterocycles. The van der Waals surface area contributed by atoms with Crippen molar-refractivity contribution in [1.29, 1.82) is 0 Å². The van der Waals surface area contributed by atoms with Crippen LogP contribution in [0.15, 0.2) is 36.9 Å². The number of aromatic nitrogens is 4. The third kappa shape index (κ3) is 6.24. The quantitative estimate of drug-likeness (QED) is 0.330. The minimum absolute atomic E-state index is 0.00539. The first-order chi connectivity index (χ1) is 17.5. The molecule has 5 N–H and O–H groups in total. The van der Waals surface area contributed by atoms with Crippen molar-refractivity contribution in [1.82, 2.24) is 29.7 Å². The van der Waals surface area contributed by atoms with Crippen molar-refractivity contribution in [3.05, 3.63) is 48.0 Å². The van der Waals surface area contributed by atoms with E-state index in [1.807, 2.05) is 11.9 Å². The minimum Gasteiger partial charge on any atom is -0.387 e. The molecule has 0 aliphatic carbocycles. The zero-order chi connectivity index (χ0) is 26.7. The number of nitrogens with two attached hydrogens (primary N) is 1. The number of likely N-dealkylation sites (N-methyl/N-ethyl adjacent to an activating group) is 1. The van der Waals surface area contributed by atoms with Gasteiger partial charge in [-0.2, -0.15) is 0 Å². The number of rotatable bonds is 9. The fourth-order valence-electron chi connectivity index (χ4n) is 4.47. The number of hydrogen-bond acceptors (Lipinski definition) is 9. The summed E-state index contributed by atoms with van der Waals surface area (Å²) in [6.45, 7) is 7.95. The number of carbonyl (C=O) groups is 1. The van der Waals surface area contributed by atoms with Crippen molar-refractivity contribution in [3.63, 3.8) is 0 Å². The number of carbonyl (C=O) groups excluding carboxylic acids is 1. The summed E-state index contributed by atoms with van der Waals surface area (Å²) in [4.78, 5) is 26.6. The standard InChI is InChI=1S/C26H37N7O4/c1-26(2,3)17-8-5-16(6-9-17)7-10-19(34)28-11-12-32(4)13-18-21(35)22(36)25(37-18)33-15-31-20-23(27)29-14-30-24(20)33/h5-6,8-9,14-15,18,21-22,25,35-36H,7,10-13H2,1-4H3,(H,28,34)(H2,27,29,30)/t18-,21-,22-,25-/m1/s1. The van der Waals surface area contributed by atoms with Gasteiger partial charge in [0.05, 0.1) is 6.33 Å². The van der Waals surface area contributed by atoms with Crippen LogP contribution in [-0.4, -0.2) is 85.5 Å². The smallest absolute Gasteiger partial charge is 0.220 e. The van der Waals surface area contributed by atoms with E-state index in [1.165, 1.54) is 18.2 Å². The molecule has 3 heterocycles. The fraction of sp³-hybridized carbons (Fsp3) is 0.538. The van der Waals surface area contributed by atoms with E-state index in [-0.39, 0.29) is 17.1 Å². The Morgan fingerprint density at radius 3 is 2.59 bits per heavy atom. The molecule has 1 amide bonds.